The van der Waals surface area contributed by atoms with Crippen LogP contribution in [0.5, 0.6) is 0 Å². The summed E-state index contributed by atoms with van der Waals surface area (Å²) in [6.07, 6.45) is 0.703. The highest BCUT2D eigenvalue weighted by atomic mass is 35.5. The van der Waals surface area contributed by atoms with Crippen molar-refractivity contribution < 1.29 is 9.31 Å². The number of rotatable bonds is 5. The minimum Gasteiger partial charge on any atom is -0.382 e. The number of nitro benzene ring substituents is 1. The third-order valence-electron chi connectivity index (χ3n) is 3.01. The van der Waals surface area contributed by atoms with Crippen LogP contribution < -0.4 is 5.32 Å². The van der Waals surface area contributed by atoms with Crippen molar-refractivity contribution in [1.82, 2.24) is 0 Å². The van der Waals surface area contributed by atoms with E-state index in [0.717, 1.165) is 5.56 Å². The Morgan fingerprint density at radius 3 is 2.52 bits per heavy atom. The van der Waals surface area contributed by atoms with Gasteiger partial charge in [0.25, 0.3) is 5.69 Å². The first-order chi connectivity index (χ1) is 9.95. The normalized spacial score (nSPS) is 12.0. The topological polar surface area (TPSA) is 55.2 Å². The number of nitro groups is 1. The first kappa shape index (κ1) is 15.3. The van der Waals surface area contributed by atoms with Gasteiger partial charge in [0.15, 0.2) is 0 Å². The highest BCUT2D eigenvalue weighted by Crippen LogP contribution is 2.27. The summed E-state index contributed by atoms with van der Waals surface area (Å²) in [6, 6.07) is 10.9. The van der Waals surface area contributed by atoms with Crippen molar-refractivity contribution in [1.29, 1.82) is 0 Å². The average molecular weight is 309 g/mol. The largest absolute Gasteiger partial charge is 0.382 e. The van der Waals surface area contributed by atoms with E-state index in [0.29, 0.717) is 12.1 Å². The molecule has 110 valence electrons. The van der Waals surface area contributed by atoms with E-state index >= 15 is 0 Å². The van der Waals surface area contributed by atoms with Crippen molar-refractivity contribution in [3.05, 3.63) is 69.0 Å². The summed E-state index contributed by atoms with van der Waals surface area (Å²) >= 11 is 5.86. The Morgan fingerprint density at radius 1 is 1.29 bits per heavy atom. The lowest BCUT2D eigenvalue weighted by Crippen LogP contribution is -2.18. The van der Waals surface area contributed by atoms with Crippen LogP contribution in [0.25, 0.3) is 0 Å². The van der Waals surface area contributed by atoms with Crippen LogP contribution in [0, 0.1) is 15.9 Å². The molecular formula is C15H14ClFN2O2. The number of hydrogen-bond acceptors (Lipinski definition) is 3. The zero-order chi connectivity index (χ0) is 15.4. The van der Waals surface area contributed by atoms with E-state index in [4.69, 9.17) is 11.6 Å². The van der Waals surface area contributed by atoms with Crippen LogP contribution in [0.4, 0.5) is 15.8 Å². The predicted octanol–water partition coefficient (Wildman–Crippen LogP) is 4.43. The molecule has 0 heterocycles. The number of nitrogens with zero attached hydrogens (tertiary/aromatic N) is 1. The molecule has 0 amide bonds. The van der Waals surface area contributed by atoms with Gasteiger partial charge in [-0.05, 0) is 43.2 Å². The smallest absolute Gasteiger partial charge is 0.288 e. The van der Waals surface area contributed by atoms with Gasteiger partial charge >= 0.3 is 0 Å². The zero-order valence-corrected chi connectivity index (χ0v) is 12.1. The zero-order valence-electron chi connectivity index (χ0n) is 11.3. The van der Waals surface area contributed by atoms with Gasteiger partial charge in [0, 0.05) is 17.8 Å². The van der Waals surface area contributed by atoms with Gasteiger partial charge < -0.3 is 5.32 Å². The molecule has 0 aliphatic rings. The first-order valence-corrected chi connectivity index (χ1v) is 6.78. The van der Waals surface area contributed by atoms with Crippen LogP contribution >= 0.6 is 11.6 Å². The Hall–Kier alpha value is -2.14. The molecule has 0 saturated heterocycles. The van der Waals surface area contributed by atoms with E-state index in [-0.39, 0.29) is 22.6 Å². The van der Waals surface area contributed by atoms with Gasteiger partial charge in [0.2, 0.25) is 0 Å². The molecule has 0 aliphatic heterocycles. The monoisotopic (exact) mass is 308 g/mol. The molecule has 1 unspecified atom stereocenters. The van der Waals surface area contributed by atoms with E-state index < -0.39 is 4.92 Å². The highest BCUT2D eigenvalue weighted by Gasteiger charge is 2.13. The minimum atomic E-state index is -0.520. The standard InChI is InChI=1S/C15H14ClFN2O2/c1-10(8-11-2-4-12(17)5-3-11)18-13-6-7-15(19(20)21)14(16)9-13/h2-7,9-10,18H,8H2,1H3. The number of benzene rings is 2. The molecule has 4 nitrogen and oxygen atoms in total. The highest BCUT2D eigenvalue weighted by molar-refractivity contribution is 6.32. The average Bonchev–Trinajstić information content (AvgIpc) is 2.41. The Morgan fingerprint density at radius 2 is 1.95 bits per heavy atom. The van der Waals surface area contributed by atoms with Gasteiger partial charge in [-0.15, -0.1) is 0 Å². The van der Waals surface area contributed by atoms with Crippen LogP contribution in [0.2, 0.25) is 5.02 Å². The summed E-state index contributed by atoms with van der Waals surface area (Å²) in [7, 11) is 0. The van der Waals surface area contributed by atoms with Gasteiger partial charge in [0.05, 0.1) is 4.92 Å². The van der Waals surface area contributed by atoms with Crippen molar-refractivity contribution in [2.45, 2.75) is 19.4 Å². The van der Waals surface area contributed by atoms with Crippen molar-refractivity contribution in [2.24, 2.45) is 0 Å². The number of nitrogens with one attached hydrogen (secondary N) is 1. The van der Waals surface area contributed by atoms with Crippen LogP contribution in [0.1, 0.15) is 12.5 Å². The lowest BCUT2D eigenvalue weighted by molar-refractivity contribution is -0.384. The number of anilines is 1. The molecule has 6 heteroatoms. The fourth-order valence-electron chi connectivity index (χ4n) is 2.05. The molecule has 2 aromatic carbocycles. The van der Waals surface area contributed by atoms with Crippen molar-refractivity contribution in [2.75, 3.05) is 5.32 Å². The predicted molar refractivity (Wildman–Crippen MR) is 81.3 cm³/mol. The van der Waals surface area contributed by atoms with Crippen LogP contribution in [-0.2, 0) is 6.42 Å². The SMILES string of the molecule is CC(Cc1ccc(F)cc1)Nc1ccc([N+](=O)[O-])c(Cl)c1. The van der Waals surface area contributed by atoms with Crippen molar-refractivity contribution in [3.63, 3.8) is 0 Å². The van der Waals surface area contributed by atoms with E-state index in [1.807, 2.05) is 6.92 Å². The van der Waals surface area contributed by atoms with Crippen molar-refractivity contribution >= 4 is 23.0 Å². The summed E-state index contributed by atoms with van der Waals surface area (Å²) in [5.74, 6) is -0.262. The third kappa shape index (κ3) is 4.16. The molecule has 2 rings (SSSR count). The lowest BCUT2D eigenvalue weighted by atomic mass is 10.1. The quantitative estimate of drug-likeness (QED) is 0.656. The summed E-state index contributed by atoms with van der Waals surface area (Å²) in [6.45, 7) is 1.97. The second-order valence-electron chi connectivity index (χ2n) is 4.80. The second-order valence-corrected chi connectivity index (χ2v) is 5.21. The lowest BCUT2D eigenvalue weighted by Gasteiger charge is -2.15. The molecule has 0 radical (unpaired) electrons. The van der Waals surface area contributed by atoms with Crippen LogP contribution in [-0.4, -0.2) is 11.0 Å². The van der Waals surface area contributed by atoms with E-state index in [9.17, 15) is 14.5 Å². The fourth-order valence-corrected chi connectivity index (χ4v) is 2.30. The maximum Gasteiger partial charge on any atom is 0.288 e. The first-order valence-electron chi connectivity index (χ1n) is 6.40. The molecule has 0 spiro atoms. The van der Waals surface area contributed by atoms with Gasteiger partial charge in [-0.1, -0.05) is 23.7 Å². The molecule has 0 aromatic heterocycles. The van der Waals surface area contributed by atoms with Gasteiger partial charge in [-0.3, -0.25) is 10.1 Å². The summed E-state index contributed by atoms with van der Waals surface area (Å²) in [5, 5.41) is 14.0. The van der Waals surface area contributed by atoms with E-state index in [1.165, 1.54) is 24.3 Å². The Labute approximate surface area is 126 Å². The van der Waals surface area contributed by atoms with Crippen LogP contribution in [0.15, 0.2) is 42.5 Å². The van der Waals surface area contributed by atoms with Gasteiger partial charge in [-0.2, -0.15) is 0 Å². The number of halogens is 2. The molecule has 21 heavy (non-hydrogen) atoms. The van der Waals surface area contributed by atoms with E-state index in [1.54, 1.807) is 18.2 Å². The maximum atomic E-state index is 12.8. The van der Waals surface area contributed by atoms with Gasteiger partial charge in [0.1, 0.15) is 10.8 Å². The molecule has 0 bridgehead atoms. The molecule has 1 N–H and O–H groups in total. The Bertz CT molecular complexity index is 647. The number of hydrogen-bond donors (Lipinski definition) is 1. The minimum absolute atomic E-state index is 0.0768. The fraction of sp³-hybridized carbons (Fsp3) is 0.200. The Balaban J connectivity index is 2.02. The molecular weight excluding hydrogens is 295 g/mol. The van der Waals surface area contributed by atoms with Gasteiger partial charge in [-0.25, -0.2) is 4.39 Å². The molecule has 0 saturated carbocycles. The molecule has 0 aliphatic carbocycles. The van der Waals surface area contributed by atoms with Crippen molar-refractivity contribution in [3.8, 4) is 0 Å². The van der Waals surface area contributed by atoms with Crippen LogP contribution in [0.3, 0.4) is 0 Å². The molecule has 0 fully saturated rings. The summed E-state index contributed by atoms with van der Waals surface area (Å²) in [5.41, 5.74) is 1.60. The third-order valence-corrected chi connectivity index (χ3v) is 3.32. The Kier molecular flexibility index (Phi) is 4.75. The second kappa shape index (κ2) is 6.54. The summed E-state index contributed by atoms with van der Waals surface area (Å²) < 4.78 is 12.8. The summed E-state index contributed by atoms with van der Waals surface area (Å²) in [4.78, 5) is 10.2. The molecule has 1 atom stereocenters. The maximum absolute atomic E-state index is 12.8. The van der Waals surface area contributed by atoms with E-state index in [2.05, 4.69) is 5.32 Å². The molecule has 2 aromatic rings.